The molecular weight excluding hydrogens is 358 g/mol. The van der Waals surface area contributed by atoms with Gasteiger partial charge in [-0.15, -0.1) is 0 Å². The number of aliphatic imine (C=N–C) groups is 1. The molecule has 3 aromatic rings. The molecule has 27 heavy (non-hydrogen) atoms. The molecule has 0 aliphatic carbocycles. The number of H-pyrrole nitrogens is 1. The molecule has 3 rings (SSSR count). The van der Waals surface area contributed by atoms with Crippen LogP contribution in [0, 0.1) is 18.6 Å². The fraction of sp³-hybridized carbons (Fsp3) is 0.190. The van der Waals surface area contributed by atoms with Gasteiger partial charge >= 0.3 is 0 Å². The Labute approximate surface area is 162 Å². The molecule has 0 radical (unpaired) electrons. The van der Waals surface area contributed by atoms with E-state index in [2.05, 4.69) is 9.98 Å². The van der Waals surface area contributed by atoms with Crippen LogP contribution in [0.5, 0.6) is 5.88 Å². The van der Waals surface area contributed by atoms with E-state index >= 15 is 0 Å². The zero-order valence-electron chi connectivity index (χ0n) is 15.3. The monoisotopic (exact) mass is 379 g/mol. The van der Waals surface area contributed by atoms with E-state index in [4.69, 9.17) is 12.2 Å². The summed E-state index contributed by atoms with van der Waals surface area (Å²) in [7, 11) is 0. The lowest BCUT2D eigenvalue weighted by atomic mass is 10.1. The minimum Gasteiger partial charge on any atom is -0.494 e. The zero-order valence-corrected chi connectivity index (χ0v) is 16.1. The highest BCUT2D eigenvalue weighted by molar-refractivity contribution is 7.71. The van der Waals surface area contributed by atoms with Crippen molar-refractivity contribution in [2.75, 3.05) is 6.54 Å². The number of aromatic hydroxyl groups is 1. The predicted octanol–water partition coefficient (Wildman–Crippen LogP) is 3.88. The highest BCUT2D eigenvalue weighted by atomic mass is 32.1. The van der Waals surface area contributed by atoms with Gasteiger partial charge in [-0.3, -0.25) is 19.3 Å². The summed E-state index contributed by atoms with van der Waals surface area (Å²) in [6.07, 6.45) is 2.16. The van der Waals surface area contributed by atoms with E-state index in [0.29, 0.717) is 6.54 Å². The van der Waals surface area contributed by atoms with Crippen LogP contribution in [0.25, 0.3) is 5.69 Å². The Morgan fingerprint density at radius 3 is 2.63 bits per heavy atom. The maximum Gasteiger partial charge on any atom is 0.264 e. The van der Waals surface area contributed by atoms with Gasteiger partial charge in [0.1, 0.15) is 5.56 Å². The van der Waals surface area contributed by atoms with E-state index in [1.54, 1.807) is 0 Å². The molecule has 138 valence electrons. The predicted molar refractivity (Wildman–Crippen MR) is 111 cm³/mol. The van der Waals surface area contributed by atoms with Gasteiger partial charge in [0.25, 0.3) is 5.56 Å². The standard InChI is InChI=1S/C21H21N3O2S/c1-14-8-9-18(15(2)12-14)24-20(26)17(19(25)23-21(24)27)13-22-11-10-16-6-4-3-5-7-16/h3-9,12-13,26H,10-11H2,1-2H3,(H,23,25,27). The Hall–Kier alpha value is -2.99. The Kier molecular flexibility index (Phi) is 5.66. The smallest absolute Gasteiger partial charge is 0.264 e. The maximum atomic E-state index is 12.3. The van der Waals surface area contributed by atoms with Crippen LogP contribution in [-0.2, 0) is 6.42 Å². The quantitative estimate of drug-likeness (QED) is 0.522. The third-order valence-corrected chi connectivity index (χ3v) is 4.59. The molecule has 1 aromatic heterocycles. The second-order valence-electron chi connectivity index (χ2n) is 6.39. The second-order valence-corrected chi connectivity index (χ2v) is 6.78. The highest BCUT2D eigenvalue weighted by Crippen LogP contribution is 2.22. The van der Waals surface area contributed by atoms with Crippen molar-refractivity contribution in [3.05, 3.63) is 85.9 Å². The second kappa shape index (κ2) is 8.14. The van der Waals surface area contributed by atoms with Gasteiger partial charge in [0.05, 0.1) is 5.69 Å². The SMILES string of the molecule is Cc1ccc(-n2c(O)c(C=NCCc3ccccc3)c(=O)[nH]c2=S)c(C)c1. The van der Waals surface area contributed by atoms with Gasteiger partial charge in [-0.1, -0.05) is 48.0 Å². The Balaban J connectivity index is 1.93. The van der Waals surface area contributed by atoms with Crippen molar-refractivity contribution in [2.45, 2.75) is 20.3 Å². The number of hydrogen-bond acceptors (Lipinski definition) is 4. The molecular formula is C21H21N3O2S. The number of hydrogen-bond donors (Lipinski definition) is 2. The summed E-state index contributed by atoms with van der Waals surface area (Å²) in [5.41, 5.74) is 3.57. The van der Waals surface area contributed by atoms with Crippen molar-refractivity contribution in [2.24, 2.45) is 4.99 Å². The summed E-state index contributed by atoms with van der Waals surface area (Å²) in [6, 6.07) is 15.8. The molecule has 0 spiro atoms. The average Bonchev–Trinajstić information content (AvgIpc) is 2.63. The van der Waals surface area contributed by atoms with Crippen molar-refractivity contribution in [1.29, 1.82) is 0 Å². The fourth-order valence-corrected chi connectivity index (χ4v) is 3.21. The summed E-state index contributed by atoms with van der Waals surface area (Å²) in [6.45, 7) is 4.44. The summed E-state index contributed by atoms with van der Waals surface area (Å²) in [5.74, 6) is -0.209. The first-order chi connectivity index (χ1) is 13.0. The molecule has 0 amide bonds. The van der Waals surface area contributed by atoms with Crippen LogP contribution in [-0.4, -0.2) is 27.4 Å². The largest absolute Gasteiger partial charge is 0.494 e. The molecule has 1 heterocycles. The van der Waals surface area contributed by atoms with E-state index in [1.165, 1.54) is 16.3 Å². The van der Waals surface area contributed by atoms with E-state index in [9.17, 15) is 9.90 Å². The summed E-state index contributed by atoms with van der Waals surface area (Å²) < 4.78 is 1.61. The van der Waals surface area contributed by atoms with Crippen molar-refractivity contribution < 1.29 is 5.11 Å². The van der Waals surface area contributed by atoms with Crippen LogP contribution in [0.15, 0.2) is 58.3 Å². The molecule has 0 aliphatic heterocycles. The summed E-state index contributed by atoms with van der Waals surface area (Å²) in [5, 5.41) is 10.7. The number of aromatic nitrogens is 2. The van der Waals surface area contributed by atoms with Crippen LogP contribution in [0.3, 0.4) is 0 Å². The van der Waals surface area contributed by atoms with Gasteiger partial charge in [-0.2, -0.15) is 0 Å². The van der Waals surface area contributed by atoms with Gasteiger partial charge in [0.2, 0.25) is 5.88 Å². The molecule has 0 fully saturated rings. The van der Waals surface area contributed by atoms with E-state index < -0.39 is 5.56 Å². The number of rotatable bonds is 5. The first kappa shape index (κ1) is 18.8. The first-order valence-corrected chi connectivity index (χ1v) is 9.08. The van der Waals surface area contributed by atoms with E-state index in [0.717, 1.165) is 23.2 Å². The molecule has 6 heteroatoms. The average molecular weight is 379 g/mol. The maximum absolute atomic E-state index is 12.3. The molecule has 2 aromatic carbocycles. The molecule has 0 saturated carbocycles. The highest BCUT2D eigenvalue weighted by Gasteiger charge is 2.13. The lowest BCUT2D eigenvalue weighted by Gasteiger charge is -2.14. The summed E-state index contributed by atoms with van der Waals surface area (Å²) >= 11 is 5.26. The van der Waals surface area contributed by atoms with Crippen molar-refractivity contribution in [1.82, 2.24) is 9.55 Å². The Morgan fingerprint density at radius 1 is 1.19 bits per heavy atom. The van der Waals surface area contributed by atoms with Gasteiger partial charge in [0.15, 0.2) is 4.77 Å². The van der Waals surface area contributed by atoms with Crippen LogP contribution >= 0.6 is 12.2 Å². The van der Waals surface area contributed by atoms with Crippen LogP contribution < -0.4 is 5.56 Å². The zero-order chi connectivity index (χ0) is 19.4. The minimum absolute atomic E-state index is 0.0941. The minimum atomic E-state index is -0.457. The molecule has 0 saturated heterocycles. The van der Waals surface area contributed by atoms with Crippen LogP contribution in [0.1, 0.15) is 22.3 Å². The molecule has 5 nitrogen and oxygen atoms in total. The lowest BCUT2D eigenvalue weighted by Crippen LogP contribution is -2.18. The number of aromatic amines is 1. The van der Waals surface area contributed by atoms with Crippen LogP contribution in [0.2, 0.25) is 0 Å². The number of nitrogens with one attached hydrogen (secondary N) is 1. The van der Waals surface area contributed by atoms with Crippen LogP contribution in [0.4, 0.5) is 0 Å². The Bertz CT molecular complexity index is 1100. The first-order valence-electron chi connectivity index (χ1n) is 8.67. The van der Waals surface area contributed by atoms with Gasteiger partial charge in [-0.25, -0.2) is 0 Å². The topological polar surface area (TPSA) is 70.4 Å². The van der Waals surface area contributed by atoms with Crippen molar-refractivity contribution in [3.8, 4) is 11.6 Å². The molecule has 0 atom stereocenters. The van der Waals surface area contributed by atoms with E-state index in [-0.39, 0.29) is 16.2 Å². The normalized spacial score (nSPS) is 11.2. The fourth-order valence-electron chi connectivity index (χ4n) is 2.93. The van der Waals surface area contributed by atoms with Gasteiger partial charge < -0.3 is 5.11 Å². The summed E-state index contributed by atoms with van der Waals surface area (Å²) in [4.78, 5) is 19.2. The third-order valence-electron chi connectivity index (χ3n) is 4.31. The Morgan fingerprint density at radius 2 is 1.93 bits per heavy atom. The number of benzene rings is 2. The third kappa shape index (κ3) is 4.23. The van der Waals surface area contributed by atoms with Gasteiger partial charge in [0, 0.05) is 12.8 Å². The number of aryl methyl sites for hydroxylation is 2. The molecule has 2 N–H and O–H groups in total. The number of nitrogens with zero attached hydrogens (tertiary/aromatic N) is 2. The lowest BCUT2D eigenvalue weighted by molar-refractivity contribution is 0.432. The molecule has 0 bridgehead atoms. The van der Waals surface area contributed by atoms with Crippen molar-refractivity contribution >= 4 is 18.4 Å². The van der Waals surface area contributed by atoms with Gasteiger partial charge in [-0.05, 0) is 49.7 Å². The van der Waals surface area contributed by atoms with Crippen molar-refractivity contribution in [3.63, 3.8) is 0 Å². The van der Waals surface area contributed by atoms with E-state index in [1.807, 2.05) is 62.4 Å². The molecule has 0 aliphatic rings. The molecule has 0 unspecified atom stereocenters.